The van der Waals surface area contributed by atoms with Crippen LogP contribution in [0.3, 0.4) is 0 Å². The highest BCUT2D eigenvalue weighted by Gasteiger charge is 2.23. The molecule has 2 rings (SSSR count). The van der Waals surface area contributed by atoms with E-state index in [2.05, 4.69) is 0 Å². The van der Waals surface area contributed by atoms with Crippen molar-refractivity contribution in [1.82, 2.24) is 0 Å². The topological polar surface area (TPSA) is 35.5 Å². The van der Waals surface area contributed by atoms with Gasteiger partial charge in [-0.1, -0.05) is 11.6 Å². The lowest BCUT2D eigenvalue weighted by atomic mass is 10.1. The van der Waals surface area contributed by atoms with Gasteiger partial charge in [-0.25, -0.2) is 4.39 Å². The zero-order valence-corrected chi connectivity index (χ0v) is 8.73. The summed E-state index contributed by atoms with van der Waals surface area (Å²) in [5, 5.41) is -0.197. The summed E-state index contributed by atoms with van der Waals surface area (Å²) in [4.78, 5) is 11.1. The summed E-state index contributed by atoms with van der Waals surface area (Å²) in [6.45, 7) is 1.96. The van der Waals surface area contributed by atoms with E-state index < -0.39 is 11.6 Å². The number of halogens is 2. The van der Waals surface area contributed by atoms with Crippen molar-refractivity contribution in [3.05, 3.63) is 22.5 Å². The number of hydrogen-bond donors (Lipinski definition) is 0. The molecular formula is C10H8ClFO3. The zero-order chi connectivity index (χ0) is 11.0. The van der Waals surface area contributed by atoms with Gasteiger partial charge in [0, 0.05) is 0 Å². The molecular weight excluding hydrogens is 223 g/mol. The zero-order valence-electron chi connectivity index (χ0n) is 7.97. The Balaban J connectivity index is 2.63. The summed E-state index contributed by atoms with van der Waals surface area (Å²) in [6, 6.07) is 1.32. The van der Waals surface area contributed by atoms with Gasteiger partial charge in [0.05, 0.1) is 5.56 Å². The first-order valence-corrected chi connectivity index (χ1v) is 4.77. The Morgan fingerprint density at radius 3 is 2.80 bits per heavy atom. The molecule has 1 aromatic carbocycles. The third-order valence-electron chi connectivity index (χ3n) is 2.09. The van der Waals surface area contributed by atoms with Crippen molar-refractivity contribution in [2.45, 2.75) is 6.92 Å². The lowest BCUT2D eigenvalue weighted by molar-refractivity contribution is 0.101. The van der Waals surface area contributed by atoms with Crippen molar-refractivity contribution >= 4 is 17.4 Å². The fourth-order valence-corrected chi connectivity index (χ4v) is 1.63. The molecule has 0 spiro atoms. The quantitative estimate of drug-likeness (QED) is 0.696. The largest absolute Gasteiger partial charge is 0.486 e. The van der Waals surface area contributed by atoms with Gasteiger partial charge in [0.2, 0.25) is 0 Å². The molecule has 0 fully saturated rings. The average Bonchev–Trinajstić information content (AvgIpc) is 2.23. The predicted molar refractivity (Wildman–Crippen MR) is 52.4 cm³/mol. The minimum Gasteiger partial charge on any atom is -0.486 e. The maximum absolute atomic E-state index is 13.6. The van der Waals surface area contributed by atoms with Crippen molar-refractivity contribution in [2.24, 2.45) is 0 Å². The van der Waals surface area contributed by atoms with Gasteiger partial charge in [0.15, 0.2) is 23.1 Å². The van der Waals surface area contributed by atoms with E-state index in [9.17, 15) is 9.18 Å². The molecule has 0 amide bonds. The van der Waals surface area contributed by atoms with Gasteiger partial charge in [-0.05, 0) is 13.0 Å². The van der Waals surface area contributed by atoms with E-state index >= 15 is 0 Å². The SMILES string of the molecule is CC(=O)c1cc2c(c(Cl)c1F)OCCO2. The standard InChI is InChI=1S/C10H8ClFO3/c1-5(13)6-4-7-10(8(11)9(6)12)15-3-2-14-7/h4H,2-3H2,1H3. The minimum absolute atomic E-state index is 0.0794. The highest BCUT2D eigenvalue weighted by atomic mass is 35.5. The molecule has 3 nitrogen and oxygen atoms in total. The number of hydrogen-bond acceptors (Lipinski definition) is 3. The molecule has 0 N–H and O–H groups in total. The average molecular weight is 231 g/mol. The Bertz CT molecular complexity index is 431. The molecule has 1 heterocycles. The number of benzene rings is 1. The molecule has 0 radical (unpaired) electrons. The molecule has 0 saturated heterocycles. The van der Waals surface area contributed by atoms with Crippen molar-refractivity contribution in [3.8, 4) is 11.5 Å². The number of fused-ring (bicyclic) bond motifs is 1. The Hall–Kier alpha value is -1.29. The third kappa shape index (κ3) is 1.65. The molecule has 5 heteroatoms. The molecule has 1 aliphatic heterocycles. The van der Waals surface area contributed by atoms with Crippen LogP contribution in [-0.2, 0) is 0 Å². The summed E-state index contributed by atoms with van der Waals surface area (Å²) < 4.78 is 23.9. The summed E-state index contributed by atoms with van der Waals surface area (Å²) in [6.07, 6.45) is 0. The number of carbonyl (C=O) groups is 1. The van der Waals surface area contributed by atoms with Crippen LogP contribution in [0.15, 0.2) is 6.07 Å². The number of ketones is 1. The van der Waals surface area contributed by atoms with Crippen LogP contribution in [-0.4, -0.2) is 19.0 Å². The van der Waals surface area contributed by atoms with Gasteiger partial charge in [-0.3, -0.25) is 4.79 Å². The van der Waals surface area contributed by atoms with Crippen LogP contribution in [0.25, 0.3) is 0 Å². The van der Waals surface area contributed by atoms with Crippen LogP contribution in [0, 0.1) is 5.82 Å². The normalized spacial score (nSPS) is 13.8. The van der Waals surface area contributed by atoms with Gasteiger partial charge in [-0.2, -0.15) is 0 Å². The van der Waals surface area contributed by atoms with Gasteiger partial charge in [0.25, 0.3) is 0 Å². The van der Waals surface area contributed by atoms with Crippen LogP contribution in [0.1, 0.15) is 17.3 Å². The van der Waals surface area contributed by atoms with Gasteiger partial charge < -0.3 is 9.47 Å². The predicted octanol–water partition coefficient (Wildman–Crippen LogP) is 2.45. The second kappa shape index (κ2) is 3.70. The highest BCUT2D eigenvalue weighted by Crippen LogP contribution is 2.40. The van der Waals surface area contributed by atoms with Crippen LogP contribution in [0.4, 0.5) is 4.39 Å². The van der Waals surface area contributed by atoms with Gasteiger partial charge >= 0.3 is 0 Å². The van der Waals surface area contributed by atoms with Crippen LogP contribution < -0.4 is 9.47 Å². The smallest absolute Gasteiger partial charge is 0.182 e. The van der Waals surface area contributed by atoms with E-state index in [1.54, 1.807) is 0 Å². The second-order valence-electron chi connectivity index (χ2n) is 3.13. The maximum Gasteiger partial charge on any atom is 0.182 e. The minimum atomic E-state index is -0.756. The molecule has 1 aliphatic rings. The number of rotatable bonds is 1. The number of ether oxygens (including phenoxy) is 2. The second-order valence-corrected chi connectivity index (χ2v) is 3.51. The van der Waals surface area contributed by atoms with Crippen LogP contribution in [0.2, 0.25) is 5.02 Å². The first kappa shape index (κ1) is 10.2. The Kier molecular flexibility index (Phi) is 2.52. The lowest BCUT2D eigenvalue weighted by Gasteiger charge is -2.20. The number of Topliss-reactive ketones (excluding diaryl/α,β-unsaturated/α-hetero) is 1. The summed E-state index contributed by atoms with van der Waals surface area (Å²) in [5.41, 5.74) is -0.0794. The molecule has 1 aromatic rings. The molecule has 15 heavy (non-hydrogen) atoms. The highest BCUT2D eigenvalue weighted by molar-refractivity contribution is 6.33. The summed E-state index contributed by atoms with van der Waals surface area (Å²) in [5.74, 6) is -0.664. The molecule has 0 atom stereocenters. The van der Waals surface area contributed by atoms with Crippen molar-refractivity contribution in [3.63, 3.8) is 0 Å². The molecule has 0 aliphatic carbocycles. The molecule has 0 aromatic heterocycles. The van der Waals surface area contributed by atoms with E-state index in [-0.39, 0.29) is 16.3 Å². The van der Waals surface area contributed by atoms with E-state index in [0.29, 0.717) is 19.0 Å². The fraction of sp³-hybridized carbons (Fsp3) is 0.300. The molecule has 0 bridgehead atoms. The Labute approximate surface area is 90.7 Å². The van der Waals surface area contributed by atoms with Crippen molar-refractivity contribution in [2.75, 3.05) is 13.2 Å². The first-order chi connectivity index (χ1) is 7.11. The Morgan fingerprint density at radius 1 is 1.47 bits per heavy atom. The fourth-order valence-electron chi connectivity index (χ4n) is 1.38. The molecule has 0 saturated carbocycles. The summed E-state index contributed by atoms with van der Waals surface area (Å²) >= 11 is 5.73. The molecule has 0 unspecified atom stereocenters. The van der Waals surface area contributed by atoms with E-state index in [1.165, 1.54) is 13.0 Å². The van der Waals surface area contributed by atoms with E-state index in [0.717, 1.165) is 0 Å². The number of carbonyl (C=O) groups excluding carboxylic acids is 1. The maximum atomic E-state index is 13.6. The van der Waals surface area contributed by atoms with E-state index in [1.807, 2.05) is 0 Å². The molecule has 80 valence electrons. The van der Waals surface area contributed by atoms with Crippen LogP contribution in [0.5, 0.6) is 11.5 Å². The van der Waals surface area contributed by atoms with Gasteiger partial charge in [0.1, 0.15) is 18.2 Å². The third-order valence-corrected chi connectivity index (χ3v) is 2.43. The first-order valence-electron chi connectivity index (χ1n) is 4.40. The van der Waals surface area contributed by atoms with E-state index in [4.69, 9.17) is 21.1 Å². The van der Waals surface area contributed by atoms with Gasteiger partial charge in [-0.15, -0.1) is 0 Å². The van der Waals surface area contributed by atoms with Crippen LogP contribution >= 0.6 is 11.6 Å². The van der Waals surface area contributed by atoms with Crippen molar-refractivity contribution in [1.29, 1.82) is 0 Å². The summed E-state index contributed by atoms with van der Waals surface area (Å²) in [7, 11) is 0. The lowest BCUT2D eigenvalue weighted by Crippen LogP contribution is -2.17. The monoisotopic (exact) mass is 230 g/mol. The Morgan fingerprint density at radius 2 is 2.13 bits per heavy atom. The van der Waals surface area contributed by atoms with Crippen molar-refractivity contribution < 1.29 is 18.7 Å².